The van der Waals surface area contributed by atoms with Crippen molar-refractivity contribution >= 4 is 25.2 Å². The third-order valence-corrected chi connectivity index (χ3v) is 3.83. The quantitative estimate of drug-likeness (QED) is 0.385. The molecule has 27 heavy (non-hydrogen) atoms. The minimum absolute atomic E-state index is 0. The first-order valence-corrected chi connectivity index (χ1v) is 7.12. The number of carbonyl (C=O) groups excluding carboxylic acids is 1. The van der Waals surface area contributed by atoms with Gasteiger partial charge in [-0.25, -0.2) is 0 Å². The van der Waals surface area contributed by atoms with Gasteiger partial charge in [-0.2, -0.15) is 0 Å². The Morgan fingerprint density at radius 2 is 1.44 bits per heavy atom. The van der Waals surface area contributed by atoms with E-state index in [-0.39, 0.29) is 34.4 Å². The summed E-state index contributed by atoms with van der Waals surface area (Å²) in [6, 6.07) is 3.63. The predicted octanol–water partition coefficient (Wildman–Crippen LogP) is -0.550. The Kier molecular flexibility index (Phi) is 12.8. The van der Waals surface area contributed by atoms with E-state index in [1.807, 2.05) is 19.1 Å². The van der Waals surface area contributed by atoms with Crippen molar-refractivity contribution in [3.63, 3.8) is 0 Å². The molecule has 10 heteroatoms. The first-order chi connectivity index (χ1) is 11.0. The summed E-state index contributed by atoms with van der Waals surface area (Å²) >= 11 is 0. The molecule has 0 spiro atoms. The van der Waals surface area contributed by atoms with E-state index in [0.717, 1.165) is 10.8 Å². The van der Waals surface area contributed by atoms with Crippen LogP contribution in [-0.4, -0.2) is 42.8 Å². The van der Waals surface area contributed by atoms with Crippen molar-refractivity contribution in [3.05, 3.63) is 23.5 Å². The Hall–Kier alpha value is -2.65. The van der Waals surface area contributed by atoms with E-state index >= 15 is 0 Å². The van der Waals surface area contributed by atoms with Crippen molar-refractivity contribution in [2.24, 2.45) is 0 Å². The maximum absolute atomic E-state index is 12.0. The second kappa shape index (κ2) is 11.9. The molecular weight excluding hydrogens is 368 g/mol. The number of methoxy groups -OCH3 is 4. The lowest BCUT2D eigenvalue weighted by Gasteiger charge is -2.14. The second-order valence-electron chi connectivity index (χ2n) is 5.06. The third kappa shape index (κ3) is 5.18. The summed E-state index contributed by atoms with van der Waals surface area (Å²) < 4.78 is 26.6. The molecule has 0 radical (unpaired) electrons. The van der Waals surface area contributed by atoms with Gasteiger partial charge in [-0.15, -0.1) is 0 Å². The van der Waals surface area contributed by atoms with Gasteiger partial charge in [0.05, 0.1) is 41.0 Å². The third-order valence-electron chi connectivity index (χ3n) is 3.83. The van der Waals surface area contributed by atoms with Gasteiger partial charge in [-0.05, 0) is 19.1 Å². The van der Waals surface area contributed by atoms with Crippen molar-refractivity contribution in [2.75, 3.05) is 28.4 Å². The Balaban J connectivity index is -0.00000144. The van der Waals surface area contributed by atoms with Crippen LogP contribution in [0.25, 0.3) is 10.8 Å². The molecule has 0 aliphatic heterocycles. The highest BCUT2D eigenvalue weighted by molar-refractivity contribution is 5.95. The SMILES string of the molecule is B.COC(=O)C(C)c1c(OC)[o+]c(C)c2cc(OC)c(OC)cc12.F.F.[F-]. The molecule has 6 nitrogen and oxygen atoms in total. The number of aryl methyl sites for hydroxylation is 1. The highest BCUT2D eigenvalue weighted by atomic mass is 19.0. The van der Waals surface area contributed by atoms with Crippen molar-refractivity contribution in [1.82, 2.24) is 0 Å². The van der Waals surface area contributed by atoms with Crippen LogP contribution >= 0.6 is 0 Å². The molecule has 0 saturated carbocycles. The van der Waals surface area contributed by atoms with E-state index in [9.17, 15) is 4.79 Å². The molecule has 1 atom stereocenters. The maximum Gasteiger partial charge on any atom is 0.522 e. The molecule has 1 unspecified atom stereocenters. The summed E-state index contributed by atoms with van der Waals surface area (Å²) in [4.78, 5) is 12.0. The minimum Gasteiger partial charge on any atom is -1.00 e. The fourth-order valence-corrected chi connectivity index (χ4v) is 2.61. The largest absolute Gasteiger partial charge is 1.00 e. The van der Waals surface area contributed by atoms with Crippen LogP contribution in [0.4, 0.5) is 9.41 Å². The second-order valence-corrected chi connectivity index (χ2v) is 5.06. The first-order valence-electron chi connectivity index (χ1n) is 7.12. The molecule has 0 fully saturated rings. The summed E-state index contributed by atoms with van der Waals surface area (Å²) in [5.74, 6) is 1.14. The number of benzene rings is 1. The van der Waals surface area contributed by atoms with Gasteiger partial charge in [-0.3, -0.25) is 18.6 Å². The lowest BCUT2D eigenvalue weighted by atomic mass is 9.95. The van der Waals surface area contributed by atoms with Crippen molar-refractivity contribution in [3.8, 4) is 17.4 Å². The van der Waals surface area contributed by atoms with E-state index in [2.05, 4.69) is 0 Å². The van der Waals surface area contributed by atoms with Crippen LogP contribution in [0.3, 0.4) is 0 Å². The van der Waals surface area contributed by atoms with Crippen LogP contribution in [0.15, 0.2) is 16.5 Å². The smallest absolute Gasteiger partial charge is 0.522 e. The Morgan fingerprint density at radius 3 is 1.85 bits per heavy atom. The van der Waals surface area contributed by atoms with Crippen LogP contribution in [0, 0.1) is 6.92 Å². The maximum atomic E-state index is 12.0. The van der Waals surface area contributed by atoms with Gasteiger partial charge < -0.3 is 23.7 Å². The summed E-state index contributed by atoms with van der Waals surface area (Å²) in [7, 11) is 5.98. The van der Waals surface area contributed by atoms with Gasteiger partial charge in [-0.1, -0.05) is 0 Å². The lowest BCUT2D eigenvalue weighted by Crippen LogP contribution is -3.00. The molecule has 0 aliphatic carbocycles. The Bertz CT molecular complexity index is 757. The van der Waals surface area contributed by atoms with Gasteiger partial charge >= 0.3 is 11.9 Å². The number of carbonyl (C=O) groups is 1. The highest BCUT2D eigenvalue weighted by Crippen LogP contribution is 2.41. The summed E-state index contributed by atoms with van der Waals surface area (Å²) in [6.45, 7) is 3.56. The number of fused-ring (bicyclic) bond motifs is 1. The molecular formula is C17H26BF3O6. The number of rotatable bonds is 5. The molecule has 1 aromatic carbocycles. The van der Waals surface area contributed by atoms with Crippen molar-refractivity contribution in [2.45, 2.75) is 19.8 Å². The van der Waals surface area contributed by atoms with Gasteiger partial charge in [0.1, 0.15) is 5.56 Å². The minimum atomic E-state index is -0.556. The van der Waals surface area contributed by atoms with E-state index in [4.69, 9.17) is 23.4 Å². The average Bonchev–Trinajstić information content (AvgIpc) is 2.58. The molecule has 1 aromatic heterocycles. The number of hydrogen-bond donors (Lipinski definition) is 0. The topological polar surface area (TPSA) is 65.3 Å². The monoisotopic (exact) mass is 394 g/mol. The molecule has 0 aliphatic rings. The molecule has 2 aromatic rings. The summed E-state index contributed by atoms with van der Waals surface area (Å²) in [5.41, 5.74) is 0.612. The Labute approximate surface area is 157 Å². The number of hydrogen-bond acceptors (Lipinski definition) is 5. The van der Waals surface area contributed by atoms with Crippen LogP contribution in [0.2, 0.25) is 0 Å². The van der Waals surface area contributed by atoms with Crippen molar-refractivity contribution < 1.29 is 42.3 Å². The van der Waals surface area contributed by atoms with Gasteiger partial charge in [0.2, 0.25) is 5.76 Å². The molecule has 0 amide bonds. The fourth-order valence-electron chi connectivity index (χ4n) is 2.61. The predicted molar refractivity (Wildman–Crippen MR) is 100 cm³/mol. The molecule has 0 N–H and O–H groups in total. The lowest BCUT2D eigenvalue weighted by molar-refractivity contribution is -0.142. The van der Waals surface area contributed by atoms with Gasteiger partial charge in [0.25, 0.3) is 0 Å². The highest BCUT2D eigenvalue weighted by Gasteiger charge is 2.32. The molecule has 1 heterocycles. The zero-order valence-corrected chi connectivity index (χ0v) is 15.4. The van der Waals surface area contributed by atoms with Crippen LogP contribution in [-0.2, 0) is 9.53 Å². The number of esters is 1. The van der Waals surface area contributed by atoms with Gasteiger partial charge in [0.15, 0.2) is 18.6 Å². The van der Waals surface area contributed by atoms with E-state index in [0.29, 0.717) is 22.8 Å². The molecule has 154 valence electrons. The zero-order chi connectivity index (χ0) is 17.1. The van der Waals surface area contributed by atoms with E-state index < -0.39 is 5.92 Å². The van der Waals surface area contributed by atoms with Gasteiger partial charge in [0, 0.05) is 12.3 Å². The van der Waals surface area contributed by atoms with Crippen LogP contribution in [0.1, 0.15) is 24.2 Å². The number of halogens is 3. The summed E-state index contributed by atoms with van der Waals surface area (Å²) in [6.07, 6.45) is 0. The average molecular weight is 394 g/mol. The zero-order valence-electron chi connectivity index (χ0n) is 15.4. The molecule has 0 saturated heterocycles. The van der Waals surface area contributed by atoms with Crippen molar-refractivity contribution in [1.29, 1.82) is 0 Å². The fraction of sp³-hybridized carbons (Fsp3) is 0.412. The normalized spacial score (nSPS) is 10.1. The first kappa shape index (κ1) is 29.1. The summed E-state index contributed by atoms with van der Waals surface area (Å²) in [5, 5.41) is 1.61. The van der Waals surface area contributed by atoms with Crippen LogP contribution in [0.5, 0.6) is 17.4 Å². The van der Waals surface area contributed by atoms with Crippen LogP contribution < -0.4 is 18.9 Å². The molecule has 0 bridgehead atoms. The number of ether oxygens (including phenoxy) is 4. The standard InChI is InChI=1S/C17H21O6.BH3.3FH/c1-9(16(18)21-5)15-12-8-14(20-4)13(19-3)7-11(12)10(2)23-17(15)22-6;;;;/h7-9H,1-6H3;1H3;3*1H/q+1;;;;/p-1. The van der Waals surface area contributed by atoms with E-state index in [1.165, 1.54) is 14.2 Å². The molecule has 2 rings (SSSR count). The Morgan fingerprint density at radius 1 is 0.963 bits per heavy atom. The van der Waals surface area contributed by atoms with E-state index in [1.54, 1.807) is 21.1 Å².